The molecule has 0 bridgehead atoms. The van der Waals surface area contributed by atoms with Crippen LogP contribution >= 0.6 is 11.6 Å². The van der Waals surface area contributed by atoms with Crippen LogP contribution in [0.4, 0.5) is 0 Å². The monoisotopic (exact) mass is 255 g/mol. The highest BCUT2D eigenvalue weighted by atomic mass is 35.5. The first-order chi connectivity index (χ1) is 7.97. The smallest absolute Gasteiger partial charge is 0.165 e. The van der Waals surface area contributed by atoms with Crippen LogP contribution in [0.3, 0.4) is 0 Å². The Labute approximate surface area is 106 Å². The van der Waals surface area contributed by atoms with E-state index in [4.69, 9.17) is 11.6 Å². The highest BCUT2D eigenvalue weighted by Crippen LogP contribution is 2.18. The topological polar surface area (TPSA) is 46.8 Å². The van der Waals surface area contributed by atoms with Crippen LogP contribution in [0.25, 0.3) is 0 Å². The molecular weight excluding hydrogens is 238 g/mol. The molecule has 1 aromatic heterocycles. The van der Waals surface area contributed by atoms with Crippen LogP contribution in [0.2, 0.25) is 0 Å². The average molecular weight is 256 g/mol. The number of halogens is 1. The Morgan fingerprint density at radius 1 is 1.41 bits per heavy atom. The first-order valence-electron chi connectivity index (χ1n) is 5.81. The predicted octanol–water partition coefficient (Wildman–Crippen LogP) is 1.76. The third-order valence-electron chi connectivity index (χ3n) is 2.72. The molecule has 2 rings (SSSR count). The van der Waals surface area contributed by atoms with Crippen molar-refractivity contribution in [2.45, 2.75) is 39.3 Å². The SMILES string of the molecule is CC(C)(C)n1nnnc1CN1CCC=C(Cl)C1. The van der Waals surface area contributed by atoms with Gasteiger partial charge >= 0.3 is 0 Å². The van der Waals surface area contributed by atoms with Crippen LogP contribution in [-0.4, -0.2) is 38.2 Å². The van der Waals surface area contributed by atoms with Crippen LogP contribution < -0.4 is 0 Å². The molecule has 1 aliphatic heterocycles. The molecule has 2 heterocycles. The van der Waals surface area contributed by atoms with Gasteiger partial charge in [-0.2, -0.15) is 0 Å². The van der Waals surface area contributed by atoms with Crippen molar-refractivity contribution in [2.24, 2.45) is 0 Å². The molecular formula is C11H18ClN5. The zero-order chi connectivity index (χ0) is 12.5. The summed E-state index contributed by atoms with van der Waals surface area (Å²) in [6.45, 7) is 8.82. The summed E-state index contributed by atoms with van der Waals surface area (Å²) in [5, 5.41) is 12.8. The summed E-state index contributed by atoms with van der Waals surface area (Å²) in [6, 6.07) is 0. The van der Waals surface area contributed by atoms with E-state index in [2.05, 4.69) is 47.3 Å². The second-order valence-electron chi connectivity index (χ2n) is 5.33. The molecule has 0 amide bonds. The maximum atomic E-state index is 6.04. The summed E-state index contributed by atoms with van der Waals surface area (Å²) < 4.78 is 1.87. The lowest BCUT2D eigenvalue weighted by Crippen LogP contribution is -2.32. The number of rotatable bonds is 2. The lowest BCUT2D eigenvalue weighted by atomic mass is 10.1. The van der Waals surface area contributed by atoms with E-state index in [0.29, 0.717) is 0 Å². The number of hydrogen-bond acceptors (Lipinski definition) is 4. The number of tetrazole rings is 1. The molecule has 5 nitrogen and oxygen atoms in total. The van der Waals surface area contributed by atoms with E-state index in [1.54, 1.807) is 0 Å². The quantitative estimate of drug-likeness (QED) is 0.808. The Hall–Kier alpha value is -0.940. The molecule has 0 unspecified atom stereocenters. The fourth-order valence-corrected chi connectivity index (χ4v) is 2.20. The van der Waals surface area contributed by atoms with E-state index in [-0.39, 0.29) is 5.54 Å². The molecule has 0 saturated carbocycles. The predicted molar refractivity (Wildman–Crippen MR) is 66.6 cm³/mol. The van der Waals surface area contributed by atoms with Gasteiger partial charge in [0.1, 0.15) is 0 Å². The van der Waals surface area contributed by atoms with E-state index >= 15 is 0 Å². The Balaban J connectivity index is 2.09. The van der Waals surface area contributed by atoms with Crippen molar-refractivity contribution in [3.05, 3.63) is 16.9 Å². The van der Waals surface area contributed by atoms with Crippen LogP contribution in [0.15, 0.2) is 11.1 Å². The number of hydrogen-bond donors (Lipinski definition) is 0. The molecule has 94 valence electrons. The van der Waals surface area contributed by atoms with Crippen molar-refractivity contribution in [1.82, 2.24) is 25.1 Å². The van der Waals surface area contributed by atoms with Gasteiger partial charge in [-0.3, -0.25) is 4.90 Å². The summed E-state index contributed by atoms with van der Waals surface area (Å²) in [7, 11) is 0. The molecule has 0 fully saturated rings. The number of aromatic nitrogens is 4. The summed E-state index contributed by atoms with van der Waals surface area (Å²) in [5.41, 5.74) is -0.0890. The molecule has 0 aromatic carbocycles. The summed E-state index contributed by atoms with van der Waals surface area (Å²) in [4.78, 5) is 2.26. The summed E-state index contributed by atoms with van der Waals surface area (Å²) in [5.74, 6) is 0.892. The van der Waals surface area contributed by atoms with Crippen molar-refractivity contribution >= 4 is 11.6 Å². The zero-order valence-electron chi connectivity index (χ0n) is 10.5. The maximum Gasteiger partial charge on any atom is 0.165 e. The fraction of sp³-hybridized carbons (Fsp3) is 0.727. The lowest BCUT2D eigenvalue weighted by Gasteiger charge is -2.26. The molecule has 6 heteroatoms. The molecule has 0 N–H and O–H groups in total. The first-order valence-corrected chi connectivity index (χ1v) is 6.19. The van der Waals surface area contributed by atoms with Crippen molar-refractivity contribution in [2.75, 3.05) is 13.1 Å². The molecule has 1 aromatic rings. The van der Waals surface area contributed by atoms with E-state index in [0.717, 1.165) is 36.9 Å². The lowest BCUT2D eigenvalue weighted by molar-refractivity contribution is 0.255. The molecule has 0 radical (unpaired) electrons. The first kappa shape index (κ1) is 12.5. The molecule has 0 atom stereocenters. The minimum Gasteiger partial charge on any atom is -0.290 e. The van der Waals surface area contributed by atoms with Crippen molar-refractivity contribution in [3.8, 4) is 0 Å². The largest absolute Gasteiger partial charge is 0.290 e. The minimum absolute atomic E-state index is 0.0890. The van der Waals surface area contributed by atoms with Gasteiger partial charge in [-0.1, -0.05) is 17.7 Å². The highest BCUT2D eigenvalue weighted by Gasteiger charge is 2.22. The van der Waals surface area contributed by atoms with Crippen LogP contribution in [0.5, 0.6) is 0 Å². The molecule has 0 aliphatic carbocycles. The Kier molecular flexibility index (Phi) is 3.49. The molecule has 0 spiro atoms. The van der Waals surface area contributed by atoms with Gasteiger partial charge < -0.3 is 0 Å². The summed E-state index contributed by atoms with van der Waals surface area (Å²) >= 11 is 6.04. The fourth-order valence-electron chi connectivity index (χ4n) is 1.92. The normalized spacial score (nSPS) is 18.2. The Morgan fingerprint density at radius 3 is 2.82 bits per heavy atom. The van der Waals surface area contributed by atoms with E-state index < -0.39 is 0 Å². The second-order valence-corrected chi connectivity index (χ2v) is 5.81. The van der Waals surface area contributed by atoms with Crippen LogP contribution in [-0.2, 0) is 12.1 Å². The van der Waals surface area contributed by atoms with Crippen molar-refractivity contribution in [3.63, 3.8) is 0 Å². The Bertz CT molecular complexity index is 418. The van der Waals surface area contributed by atoms with Crippen molar-refractivity contribution < 1.29 is 0 Å². The van der Waals surface area contributed by atoms with Crippen LogP contribution in [0, 0.1) is 0 Å². The third kappa shape index (κ3) is 3.04. The number of nitrogens with zero attached hydrogens (tertiary/aromatic N) is 5. The van der Waals surface area contributed by atoms with E-state index in [1.165, 1.54) is 0 Å². The van der Waals surface area contributed by atoms with Gasteiger partial charge in [0.25, 0.3) is 0 Å². The maximum absolute atomic E-state index is 6.04. The van der Waals surface area contributed by atoms with Gasteiger partial charge in [-0.25, -0.2) is 4.68 Å². The molecule has 17 heavy (non-hydrogen) atoms. The van der Waals surface area contributed by atoms with Crippen molar-refractivity contribution in [1.29, 1.82) is 0 Å². The van der Waals surface area contributed by atoms with Gasteiger partial charge in [0.2, 0.25) is 0 Å². The third-order valence-corrected chi connectivity index (χ3v) is 2.99. The minimum atomic E-state index is -0.0890. The summed E-state index contributed by atoms with van der Waals surface area (Å²) in [6.07, 6.45) is 3.07. The van der Waals surface area contributed by atoms with Gasteiger partial charge in [-0.05, 0) is 37.6 Å². The standard InChI is InChI=1S/C11H18ClN5/c1-11(2,3)17-10(13-14-15-17)8-16-6-4-5-9(12)7-16/h5H,4,6-8H2,1-3H3. The average Bonchev–Trinajstić information content (AvgIpc) is 2.65. The van der Waals surface area contributed by atoms with E-state index in [9.17, 15) is 0 Å². The van der Waals surface area contributed by atoms with E-state index in [1.807, 2.05) is 4.68 Å². The van der Waals surface area contributed by atoms with Crippen LogP contribution in [0.1, 0.15) is 33.0 Å². The Morgan fingerprint density at radius 2 is 2.18 bits per heavy atom. The van der Waals surface area contributed by atoms with Gasteiger partial charge in [0.05, 0.1) is 12.1 Å². The highest BCUT2D eigenvalue weighted by molar-refractivity contribution is 6.29. The second kappa shape index (κ2) is 4.74. The molecule has 0 saturated heterocycles. The molecule has 1 aliphatic rings. The van der Waals surface area contributed by atoms with Gasteiger partial charge in [0, 0.05) is 18.1 Å². The van der Waals surface area contributed by atoms with Gasteiger partial charge in [0.15, 0.2) is 5.82 Å². The zero-order valence-corrected chi connectivity index (χ0v) is 11.3. The van der Waals surface area contributed by atoms with Gasteiger partial charge in [-0.15, -0.1) is 5.10 Å².